The van der Waals surface area contributed by atoms with Gasteiger partial charge in [0.25, 0.3) is 0 Å². The van der Waals surface area contributed by atoms with Crippen LogP contribution in [0.4, 0.5) is 0 Å². The van der Waals surface area contributed by atoms with Crippen LogP contribution in [-0.4, -0.2) is 34.9 Å². The van der Waals surface area contributed by atoms with Crippen LogP contribution in [0.3, 0.4) is 0 Å². The highest BCUT2D eigenvalue weighted by atomic mass is 16.6. The molecule has 0 heterocycles. The van der Waals surface area contributed by atoms with E-state index in [4.69, 9.17) is 9.47 Å². The number of hydrogen-bond donors (Lipinski definition) is 1. The molecule has 0 aromatic rings. The molecule has 0 aliphatic heterocycles. The Kier molecular flexibility index (Phi) is 7.43. The molecule has 0 radical (unpaired) electrons. The number of esters is 2. The van der Waals surface area contributed by atoms with E-state index in [2.05, 4.69) is 20.8 Å². The lowest BCUT2D eigenvalue weighted by molar-refractivity contribution is -0.181. The Balaban J connectivity index is 1.45. The molecule has 10 atom stereocenters. The van der Waals surface area contributed by atoms with Gasteiger partial charge < -0.3 is 14.6 Å². The van der Waals surface area contributed by atoms with Crippen LogP contribution < -0.4 is 0 Å². The summed E-state index contributed by atoms with van der Waals surface area (Å²) < 4.78 is 11.2. The topological polar surface area (TPSA) is 72.8 Å². The Hall–Kier alpha value is -1.10. The molecule has 4 aliphatic carbocycles. The fraction of sp³-hybridized carbons (Fsp3) is 0.933. The molecule has 4 rings (SSSR count). The summed E-state index contributed by atoms with van der Waals surface area (Å²) in [6, 6.07) is 0. The molecule has 200 valence electrons. The molecule has 0 bridgehead atoms. The number of hydrogen-bond acceptors (Lipinski definition) is 5. The van der Waals surface area contributed by atoms with Crippen LogP contribution in [0.15, 0.2) is 0 Å². The van der Waals surface area contributed by atoms with Gasteiger partial charge in [-0.1, -0.05) is 20.8 Å². The largest absolute Gasteiger partial charge is 0.463 e. The minimum Gasteiger partial charge on any atom is -0.463 e. The van der Waals surface area contributed by atoms with Crippen molar-refractivity contribution in [2.75, 3.05) is 0 Å². The van der Waals surface area contributed by atoms with Gasteiger partial charge >= 0.3 is 11.9 Å². The smallest absolute Gasteiger partial charge is 0.306 e. The van der Waals surface area contributed by atoms with Crippen molar-refractivity contribution in [2.24, 2.45) is 46.3 Å². The number of carbonyl (C=O) groups is 2. The average molecular weight is 491 g/mol. The second kappa shape index (κ2) is 9.65. The molecule has 4 fully saturated rings. The maximum absolute atomic E-state index is 12.3. The van der Waals surface area contributed by atoms with Crippen molar-refractivity contribution in [1.29, 1.82) is 0 Å². The van der Waals surface area contributed by atoms with Gasteiger partial charge in [0.15, 0.2) is 0 Å². The normalized spacial score (nSPS) is 43.9. The number of carbonyl (C=O) groups excluding carboxylic acids is 2. The molecule has 5 nitrogen and oxygen atoms in total. The SMILES string of the molecule is CC(=O)OC1CCC2(C)C(CCC3C2CC(O)C2(C)C(C(C)CCC(=O)OC(C)(C)C)CCC32)C1. The Morgan fingerprint density at radius 1 is 1.03 bits per heavy atom. The van der Waals surface area contributed by atoms with Crippen LogP contribution >= 0.6 is 0 Å². The Morgan fingerprint density at radius 3 is 2.40 bits per heavy atom. The van der Waals surface area contributed by atoms with E-state index in [1.54, 1.807) is 0 Å². The van der Waals surface area contributed by atoms with E-state index in [9.17, 15) is 14.7 Å². The molecule has 35 heavy (non-hydrogen) atoms. The molecule has 4 saturated carbocycles. The molecule has 1 N–H and O–H groups in total. The predicted octanol–water partition coefficient (Wildman–Crippen LogP) is 6.31. The lowest BCUT2D eigenvalue weighted by Gasteiger charge is -2.62. The van der Waals surface area contributed by atoms with Gasteiger partial charge in [-0.2, -0.15) is 0 Å². The highest BCUT2D eigenvalue weighted by molar-refractivity contribution is 5.69. The van der Waals surface area contributed by atoms with Crippen LogP contribution in [0.1, 0.15) is 113 Å². The zero-order valence-electron chi connectivity index (χ0n) is 23.3. The van der Waals surface area contributed by atoms with Gasteiger partial charge in [0, 0.05) is 13.3 Å². The van der Waals surface area contributed by atoms with Crippen LogP contribution in [0, 0.1) is 46.3 Å². The van der Waals surface area contributed by atoms with E-state index in [0.717, 1.165) is 38.5 Å². The van der Waals surface area contributed by atoms with Crippen molar-refractivity contribution in [3.8, 4) is 0 Å². The first-order valence-corrected chi connectivity index (χ1v) is 14.3. The van der Waals surface area contributed by atoms with Crippen LogP contribution in [-0.2, 0) is 19.1 Å². The fourth-order valence-corrected chi connectivity index (χ4v) is 9.42. The second-order valence-corrected chi connectivity index (χ2v) is 14.1. The van der Waals surface area contributed by atoms with Gasteiger partial charge in [0.05, 0.1) is 6.10 Å². The van der Waals surface area contributed by atoms with E-state index in [-0.39, 0.29) is 35.0 Å². The zero-order valence-corrected chi connectivity index (χ0v) is 23.3. The van der Waals surface area contributed by atoms with E-state index >= 15 is 0 Å². The number of ether oxygens (including phenoxy) is 2. The highest BCUT2D eigenvalue weighted by Crippen LogP contribution is 2.68. The molecule has 0 aromatic heterocycles. The summed E-state index contributed by atoms with van der Waals surface area (Å²) in [5.41, 5.74) is -0.263. The third kappa shape index (κ3) is 5.05. The van der Waals surface area contributed by atoms with Gasteiger partial charge in [-0.3, -0.25) is 9.59 Å². The van der Waals surface area contributed by atoms with Crippen LogP contribution in [0.25, 0.3) is 0 Å². The molecule has 0 saturated heterocycles. The molecule has 0 amide bonds. The lowest BCUT2D eigenvalue weighted by Crippen LogP contribution is -2.59. The van der Waals surface area contributed by atoms with Crippen molar-refractivity contribution >= 4 is 11.9 Å². The maximum atomic E-state index is 12.3. The van der Waals surface area contributed by atoms with E-state index < -0.39 is 5.60 Å². The first kappa shape index (κ1) is 26.9. The van der Waals surface area contributed by atoms with Gasteiger partial charge in [-0.25, -0.2) is 0 Å². The van der Waals surface area contributed by atoms with Crippen LogP contribution in [0.5, 0.6) is 0 Å². The van der Waals surface area contributed by atoms with Gasteiger partial charge in [-0.05, 0) is 125 Å². The molecule has 0 aromatic carbocycles. The average Bonchev–Trinajstić information content (AvgIpc) is 3.10. The minimum absolute atomic E-state index is 0.0628. The van der Waals surface area contributed by atoms with Crippen molar-refractivity contribution in [1.82, 2.24) is 0 Å². The minimum atomic E-state index is -0.439. The number of fused-ring (bicyclic) bond motifs is 5. The summed E-state index contributed by atoms with van der Waals surface area (Å²) in [5, 5.41) is 11.7. The quantitative estimate of drug-likeness (QED) is 0.458. The van der Waals surface area contributed by atoms with Gasteiger partial charge in [-0.15, -0.1) is 0 Å². The predicted molar refractivity (Wildman–Crippen MR) is 136 cm³/mol. The third-order valence-corrected chi connectivity index (χ3v) is 11.0. The Morgan fingerprint density at radius 2 is 1.74 bits per heavy atom. The fourth-order valence-electron chi connectivity index (χ4n) is 9.42. The zero-order chi connectivity index (χ0) is 25.8. The number of rotatable bonds is 5. The van der Waals surface area contributed by atoms with Crippen LogP contribution in [0.2, 0.25) is 0 Å². The first-order chi connectivity index (χ1) is 16.3. The van der Waals surface area contributed by atoms with Crippen molar-refractivity contribution in [2.45, 2.75) is 130 Å². The summed E-state index contributed by atoms with van der Waals surface area (Å²) >= 11 is 0. The van der Waals surface area contributed by atoms with Gasteiger partial charge in [0.2, 0.25) is 0 Å². The lowest BCUT2D eigenvalue weighted by atomic mass is 9.43. The molecule has 10 unspecified atom stereocenters. The highest BCUT2D eigenvalue weighted by Gasteiger charge is 2.63. The van der Waals surface area contributed by atoms with Crippen molar-refractivity contribution in [3.05, 3.63) is 0 Å². The van der Waals surface area contributed by atoms with E-state index in [1.807, 2.05) is 20.8 Å². The Bertz CT molecular complexity index is 801. The standard InChI is InChI=1S/C30H50O5/c1-18(8-13-27(33)35-28(3,4)5)23-11-12-24-22-10-9-20-16-21(34-19(2)31)14-15-29(20,6)25(22)17-26(32)30(23,24)7/h18,20-26,32H,8-17H2,1-7H3. The molecule has 0 spiro atoms. The van der Waals surface area contributed by atoms with Crippen molar-refractivity contribution < 1.29 is 24.2 Å². The number of aliphatic hydroxyl groups excluding tert-OH is 1. The summed E-state index contributed by atoms with van der Waals surface area (Å²) in [5.74, 6) is 2.97. The third-order valence-electron chi connectivity index (χ3n) is 11.0. The van der Waals surface area contributed by atoms with Gasteiger partial charge in [0.1, 0.15) is 11.7 Å². The van der Waals surface area contributed by atoms with E-state index in [0.29, 0.717) is 41.9 Å². The Labute approximate surface area is 213 Å². The monoisotopic (exact) mass is 490 g/mol. The molecular formula is C30H50O5. The molecular weight excluding hydrogens is 440 g/mol. The molecule has 5 heteroatoms. The van der Waals surface area contributed by atoms with Crippen molar-refractivity contribution in [3.63, 3.8) is 0 Å². The summed E-state index contributed by atoms with van der Waals surface area (Å²) in [4.78, 5) is 23.9. The van der Waals surface area contributed by atoms with E-state index in [1.165, 1.54) is 26.2 Å². The summed E-state index contributed by atoms with van der Waals surface area (Å²) in [6.45, 7) is 14.4. The second-order valence-electron chi connectivity index (χ2n) is 14.1. The maximum Gasteiger partial charge on any atom is 0.306 e. The summed E-state index contributed by atoms with van der Waals surface area (Å²) in [7, 11) is 0. The number of aliphatic hydroxyl groups is 1. The first-order valence-electron chi connectivity index (χ1n) is 14.3. The molecule has 4 aliphatic rings. The summed E-state index contributed by atoms with van der Waals surface area (Å²) in [6.07, 6.45) is 9.84.